The second-order valence-electron chi connectivity index (χ2n) is 10.9. The van der Waals surface area contributed by atoms with Crippen molar-refractivity contribution in [3.8, 4) is 11.4 Å². The Labute approximate surface area is 252 Å². The van der Waals surface area contributed by atoms with Crippen LogP contribution >= 0.6 is 0 Å². The van der Waals surface area contributed by atoms with Gasteiger partial charge in [0, 0.05) is 44.0 Å². The highest BCUT2D eigenvalue weighted by Gasteiger charge is 2.23. The number of hydrogen-bond donors (Lipinski definition) is 1. The number of carbonyl (C=O) groups is 1. The minimum atomic E-state index is -3.55. The zero-order valence-corrected chi connectivity index (χ0v) is 25.7. The first-order valence-corrected chi connectivity index (χ1v) is 16.0. The number of amides is 1. The van der Waals surface area contributed by atoms with E-state index in [-0.39, 0.29) is 40.9 Å². The van der Waals surface area contributed by atoms with Crippen molar-refractivity contribution in [2.24, 2.45) is 0 Å². The largest absolute Gasteiger partial charge is 0.385 e. The van der Waals surface area contributed by atoms with Gasteiger partial charge in [0.15, 0.2) is 9.84 Å². The SMILES string of the molecule is COCCCS(=O)(=O)c1cc(C(=O)NCc2cc3nc(-c4cccc(N5C[C@@H](C)O[C@@H](C)C5)n4)ccc3cn2)ccc1C. The third-order valence-corrected chi connectivity index (χ3v) is 9.28. The van der Waals surface area contributed by atoms with Crippen LogP contribution in [0.1, 0.15) is 41.9 Å². The molecule has 0 aliphatic carbocycles. The number of benzene rings is 1. The molecule has 226 valence electrons. The Morgan fingerprint density at radius 1 is 1.05 bits per heavy atom. The van der Waals surface area contributed by atoms with Gasteiger partial charge in [-0.3, -0.25) is 9.78 Å². The van der Waals surface area contributed by atoms with Crippen molar-refractivity contribution in [2.45, 2.75) is 50.8 Å². The molecule has 43 heavy (non-hydrogen) atoms. The first-order valence-electron chi connectivity index (χ1n) is 14.4. The van der Waals surface area contributed by atoms with Crippen molar-refractivity contribution in [3.63, 3.8) is 0 Å². The Bertz CT molecular complexity index is 1720. The number of aryl methyl sites for hydroxylation is 1. The highest BCUT2D eigenvalue weighted by molar-refractivity contribution is 7.91. The molecule has 1 aromatic carbocycles. The topological polar surface area (TPSA) is 124 Å². The van der Waals surface area contributed by atoms with E-state index in [0.29, 0.717) is 24.3 Å². The van der Waals surface area contributed by atoms with Crippen LogP contribution in [0.3, 0.4) is 0 Å². The number of rotatable bonds is 10. The van der Waals surface area contributed by atoms with Gasteiger partial charge in [-0.1, -0.05) is 12.1 Å². The number of sulfone groups is 1. The van der Waals surface area contributed by atoms with Crippen molar-refractivity contribution in [1.29, 1.82) is 0 Å². The molecule has 10 nitrogen and oxygen atoms in total. The smallest absolute Gasteiger partial charge is 0.251 e. The summed E-state index contributed by atoms with van der Waals surface area (Å²) in [6.45, 7) is 7.93. The highest BCUT2D eigenvalue weighted by atomic mass is 32.2. The molecule has 0 saturated carbocycles. The molecule has 1 saturated heterocycles. The van der Waals surface area contributed by atoms with E-state index in [1.165, 1.54) is 13.2 Å². The Hall–Kier alpha value is -3.93. The molecule has 3 aromatic heterocycles. The number of ether oxygens (including phenoxy) is 2. The van der Waals surface area contributed by atoms with Crippen LogP contribution in [-0.4, -0.2) is 74.0 Å². The van der Waals surface area contributed by atoms with Gasteiger partial charge in [0.1, 0.15) is 5.82 Å². The van der Waals surface area contributed by atoms with E-state index in [9.17, 15) is 13.2 Å². The van der Waals surface area contributed by atoms with Crippen LogP contribution in [0.4, 0.5) is 5.82 Å². The lowest BCUT2D eigenvalue weighted by atomic mass is 10.1. The number of pyridine rings is 3. The predicted molar refractivity (Wildman–Crippen MR) is 166 cm³/mol. The maximum Gasteiger partial charge on any atom is 0.251 e. The van der Waals surface area contributed by atoms with Gasteiger partial charge in [0.2, 0.25) is 0 Å². The molecule has 1 fully saturated rings. The van der Waals surface area contributed by atoms with Crippen LogP contribution in [0, 0.1) is 6.92 Å². The Morgan fingerprint density at radius 2 is 1.81 bits per heavy atom. The summed E-state index contributed by atoms with van der Waals surface area (Å²) < 4.78 is 36.5. The molecule has 1 aliphatic rings. The van der Waals surface area contributed by atoms with Gasteiger partial charge in [-0.05, 0) is 75.2 Å². The van der Waals surface area contributed by atoms with E-state index >= 15 is 0 Å². The van der Waals surface area contributed by atoms with Gasteiger partial charge >= 0.3 is 0 Å². The maximum absolute atomic E-state index is 13.0. The first-order chi connectivity index (χ1) is 20.6. The quantitative estimate of drug-likeness (QED) is 0.264. The number of hydrogen-bond acceptors (Lipinski definition) is 9. The van der Waals surface area contributed by atoms with Crippen LogP contribution in [0.25, 0.3) is 22.3 Å². The summed E-state index contributed by atoms with van der Waals surface area (Å²) in [5.74, 6) is 0.458. The summed E-state index contributed by atoms with van der Waals surface area (Å²) in [6.07, 6.45) is 2.37. The van der Waals surface area contributed by atoms with Crippen molar-refractivity contribution in [3.05, 3.63) is 77.6 Å². The molecule has 1 amide bonds. The monoisotopic (exact) mass is 603 g/mol. The van der Waals surface area contributed by atoms with Crippen LogP contribution in [0.15, 0.2) is 65.7 Å². The number of nitrogens with zero attached hydrogens (tertiary/aromatic N) is 4. The number of anilines is 1. The number of aromatic nitrogens is 3. The fraction of sp³-hybridized carbons (Fsp3) is 0.375. The molecule has 0 bridgehead atoms. The Morgan fingerprint density at radius 3 is 2.58 bits per heavy atom. The average Bonchev–Trinajstić information content (AvgIpc) is 2.99. The predicted octanol–water partition coefficient (Wildman–Crippen LogP) is 4.35. The van der Waals surface area contributed by atoms with Gasteiger partial charge in [-0.25, -0.2) is 18.4 Å². The van der Waals surface area contributed by atoms with Crippen LogP contribution in [0.5, 0.6) is 0 Å². The van der Waals surface area contributed by atoms with Crippen molar-refractivity contribution >= 4 is 32.5 Å². The Balaban J connectivity index is 1.30. The minimum Gasteiger partial charge on any atom is -0.385 e. The lowest BCUT2D eigenvalue weighted by Crippen LogP contribution is -2.45. The normalized spacial score (nSPS) is 17.3. The van der Waals surface area contributed by atoms with E-state index in [1.807, 2.05) is 36.4 Å². The van der Waals surface area contributed by atoms with Crippen molar-refractivity contribution < 1.29 is 22.7 Å². The zero-order valence-electron chi connectivity index (χ0n) is 24.9. The zero-order chi connectivity index (χ0) is 30.6. The summed E-state index contributed by atoms with van der Waals surface area (Å²) in [7, 11) is -2.01. The minimum absolute atomic E-state index is 0.0474. The Kier molecular flexibility index (Phi) is 9.34. The van der Waals surface area contributed by atoms with E-state index in [2.05, 4.69) is 29.0 Å². The van der Waals surface area contributed by atoms with Crippen LogP contribution < -0.4 is 10.2 Å². The standard InChI is InChI=1S/C32H37N5O5S/c1-21-9-10-24(15-30(21)43(39,40)14-6-13-41-4)32(38)34-18-26-16-29-25(17-33-26)11-12-28(35-29)27-7-5-8-31(36-27)37-19-22(2)42-23(3)20-37/h5,7-12,15-17,22-23H,6,13-14,18-20H2,1-4H3,(H,34,38)/t22-,23+. The molecule has 2 atom stereocenters. The average molecular weight is 604 g/mol. The molecule has 0 spiro atoms. The van der Waals surface area contributed by atoms with Gasteiger partial charge < -0.3 is 19.7 Å². The molecular weight excluding hydrogens is 566 g/mol. The summed E-state index contributed by atoms with van der Waals surface area (Å²) in [6, 6.07) is 16.4. The number of carbonyl (C=O) groups excluding carboxylic acids is 1. The van der Waals surface area contributed by atoms with E-state index in [1.54, 1.807) is 25.3 Å². The van der Waals surface area contributed by atoms with Gasteiger partial charge in [0.05, 0.1) is 52.0 Å². The number of methoxy groups -OCH3 is 1. The summed E-state index contributed by atoms with van der Waals surface area (Å²) in [5.41, 5.74) is 3.74. The van der Waals surface area contributed by atoms with Crippen LogP contribution in [0.2, 0.25) is 0 Å². The van der Waals surface area contributed by atoms with Crippen LogP contribution in [-0.2, 0) is 25.9 Å². The van der Waals surface area contributed by atoms with Gasteiger partial charge in [-0.2, -0.15) is 0 Å². The van der Waals surface area contributed by atoms with E-state index in [4.69, 9.17) is 19.4 Å². The second-order valence-corrected chi connectivity index (χ2v) is 13.0. The molecular formula is C32H37N5O5S. The fourth-order valence-corrected chi connectivity index (χ4v) is 6.84. The molecule has 0 radical (unpaired) electrons. The van der Waals surface area contributed by atoms with E-state index < -0.39 is 9.84 Å². The highest BCUT2D eigenvalue weighted by Crippen LogP contribution is 2.25. The number of morpholine rings is 1. The second kappa shape index (κ2) is 13.2. The third-order valence-electron chi connectivity index (χ3n) is 7.35. The molecule has 1 N–H and O–H groups in total. The van der Waals surface area contributed by atoms with E-state index in [0.717, 1.165) is 41.2 Å². The number of fused-ring (bicyclic) bond motifs is 1. The maximum atomic E-state index is 13.0. The third kappa shape index (κ3) is 7.35. The molecule has 0 unspecified atom stereocenters. The molecule has 4 aromatic rings. The molecule has 4 heterocycles. The molecule has 1 aliphatic heterocycles. The first kappa shape index (κ1) is 30.5. The van der Waals surface area contributed by atoms with Gasteiger partial charge in [0.25, 0.3) is 5.91 Å². The lowest BCUT2D eigenvalue weighted by molar-refractivity contribution is -0.00545. The summed E-state index contributed by atoms with van der Waals surface area (Å²) >= 11 is 0. The summed E-state index contributed by atoms with van der Waals surface area (Å²) in [5, 5.41) is 3.72. The fourth-order valence-electron chi connectivity index (χ4n) is 5.26. The lowest BCUT2D eigenvalue weighted by Gasteiger charge is -2.36. The van der Waals surface area contributed by atoms with Crippen molar-refractivity contribution in [1.82, 2.24) is 20.3 Å². The van der Waals surface area contributed by atoms with Gasteiger partial charge in [-0.15, -0.1) is 0 Å². The number of nitrogens with one attached hydrogen (secondary N) is 1. The molecule has 5 rings (SSSR count). The van der Waals surface area contributed by atoms with Crippen molar-refractivity contribution in [2.75, 3.05) is 37.5 Å². The molecule has 11 heteroatoms. The summed E-state index contributed by atoms with van der Waals surface area (Å²) in [4.78, 5) is 29.6.